The Morgan fingerprint density at radius 3 is 2.37 bits per heavy atom. The minimum absolute atomic E-state index is 0.109. The summed E-state index contributed by atoms with van der Waals surface area (Å²) in [5, 5.41) is 0. The standard InChI is InChI=1S/C16H17Br2N/c1-2-3-11-4-6-12(7-5-11)16(19)14-10-13(17)8-9-15(14)18/h4-10,16H,2-3,19H2,1H3. The Bertz CT molecular complexity index is 549. The van der Waals surface area contributed by atoms with Gasteiger partial charge < -0.3 is 5.73 Å². The van der Waals surface area contributed by atoms with E-state index in [-0.39, 0.29) is 6.04 Å². The van der Waals surface area contributed by atoms with Crippen LogP contribution in [0.2, 0.25) is 0 Å². The fourth-order valence-corrected chi connectivity index (χ4v) is 2.98. The van der Waals surface area contributed by atoms with Gasteiger partial charge in [0.2, 0.25) is 0 Å². The third-order valence-electron chi connectivity index (χ3n) is 3.17. The molecule has 0 heterocycles. The Balaban J connectivity index is 2.27. The average molecular weight is 383 g/mol. The molecule has 0 aromatic heterocycles. The van der Waals surface area contributed by atoms with Gasteiger partial charge in [0.1, 0.15) is 0 Å². The van der Waals surface area contributed by atoms with Gasteiger partial charge >= 0.3 is 0 Å². The van der Waals surface area contributed by atoms with Crippen molar-refractivity contribution < 1.29 is 0 Å². The molecular formula is C16H17Br2N. The van der Waals surface area contributed by atoms with E-state index in [9.17, 15) is 0 Å². The number of nitrogens with two attached hydrogens (primary N) is 1. The Labute approximate surface area is 131 Å². The minimum atomic E-state index is -0.109. The van der Waals surface area contributed by atoms with E-state index in [4.69, 9.17) is 5.73 Å². The first-order valence-corrected chi connectivity index (χ1v) is 7.99. The highest BCUT2D eigenvalue weighted by atomic mass is 79.9. The number of benzene rings is 2. The number of halogens is 2. The van der Waals surface area contributed by atoms with E-state index >= 15 is 0 Å². The van der Waals surface area contributed by atoms with Gasteiger partial charge in [-0.25, -0.2) is 0 Å². The van der Waals surface area contributed by atoms with Crippen molar-refractivity contribution in [2.45, 2.75) is 25.8 Å². The molecule has 1 unspecified atom stereocenters. The maximum absolute atomic E-state index is 6.36. The lowest BCUT2D eigenvalue weighted by Gasteiger charge is -2.15. The molecule has 3 heteroatoms. The van der Waals surface area contributed by atoms with E-state index in [0.717, 1.165) is 26.5 Å². The number of hydrogen-bond acceptors (Lipinski definition) is 1. The van der Waals surface area contributed by atoms with Crippen molar-refractivity contribution in [1.29, 1.82) is 0 Å². The van der Waals surface area contributed by atoms with Crippen molar-refractivity contribution in [3.63, 3.8) is 0 Å². The number of aryl methyl sites for hydroxylation is 1. The monoisotopic (exact) mass is 381 g/mol. The highest BCUT2D eigenvalue weighted by Crippen LogP contribution is 2.29. The highest BCUT2D eigenvalue weighted by molar-refractivity contribution is 9.11. The summed E-state index contributed by atoms with van der Waals surface area (Å²) >= 11 is 7.06. The molecule has 0 aliphatic rings. The van der Waals surface area contributed by atoms with Gasteiger partial charge in [-0.05, 0) is 41.3 Å². The van der Waals surface area contributed by atoms with Crippen LogP contribution in [-0.2, 0) is 6.42 Å². The first kappa shape index (κ1) is 14.8. The molecule has 0 fully saturated rings. The second-order valence-electron chi connectivity index (χ2n) is 4.64. The maximum atomic E-state index is 6.36. The summed E-state index contributed by atoms with van der Waals surface area (Å²) in [5.74, 6) is 0. The Hall–Kier alpha value is -0.640. The van der Waals surface area contributed by atoms with Gasteiger partial charge in [0, 0.05) is 8.95 Å². The summed E-state index contributed by atoms with van der Waals surface area (Å²) in [5.41, 5.74) is 9.96. The molecule has 0 saturated carbocycles. The molecule has 2 rings (SSSR count). The molecule has 100 valence electrons. The molecule has 1 atom stereocenters. The smallest absolute Gasteiger partial charge is 0.0563 e. The summed E-state index contributed by atoms with van der Waals surface area (Å²) < 4.78 is 2.09. The van der Waals surface area contributed by atoms with E-state index < -0.39 is 0 Å². The second kappa shape index (κ2) is 6.69. The Morgan fingerprint density at radius 1 is 1.05 bits per heavy atom. The van der Waals surface area contributed by atoms with E-state index in [0.29, 0.717) is 0 Å². The van der Waals surface area contributed by atoms with Crippen molar-refractivity contribution in [2.24, 2.45) is 5.73 Å². The third-order valence-corrected chi connectivity index (χ3v) is 4.39. The van der Waals surface area contributed by atoms with Crippen LogP contribution in [0.15, 0.2) is 51.4 Å². The molecule has 0 aliphatic carbocycles. The highest BCUT2D eigenvalue weighted by Gasteiger charge is 2.12. The molecular weight excluding hydrogens is 366 g/mol. The van der Waals surface area contributed by atoms with Gasteiger partial charge in [0.15, 0.2) is 0 Å². The average Bonchev–Trinajstić information content (AvgIpc) is 2.42. The van der Waals surface area contributed by atoms with Gasteiger partial charge in [0.25, 0.3) is 0 Å². The molecule has 2 aromatic rings. The molecule has 0 spiro atoms. The largest absolute Gasteiger partial charge is 0.320 e. The van der Waals surface area contributed by atoms with Gasteiger partial charge in [0.05, 0.1) is 6.04 Å². The summed E-state index contributed by atoms with van der Waals surface area (Å²) in [4.78, 5) is 0. The molecule has 0 bridgehead atoms. The number of hydrogen-bond donors (Lipinski definition) is 1. The van der Waals surface area contributed by atoms with Crippen LogP contribution in [0, 0.1) is 0 Å². The van der Waals surface area contributed by atoms with Crippen molar-refractivity contribution in [3.05, 3.63) is 68.1 Å². The third kappa shape index (κ3) is 3.68. The van der Waals surface area contributed by atoms with E-state index in [1.165, 1.54) is 12.0 Å². The van der Waals surface area contributed by atoms with Crippen LogP contribution in [0.3, 0.4) is 0 Å². The van der Waals surface area contributed by atoms with E-state index in [1.54, 1.807) is 0 Å². The first-order valence-electron chi connectivity index (χ1n) is 6.41. The predicted molar refractivity (Wildman–Crippen MR) is 88.3 cm³/mol. The van der Waals surface area contributed by atoms with Gasteiger partial charge in [-0.1, -0.05) is 69.5 Å². The zero-order valence-corrected chi connectivity index (χ0v) is 14.0. The second-order valence-corrected chi connectivity index (χ2v) is 6.41. The van der Waals surface area contributed by atoms with Crippen LogP contribution in [0.1, 0.15) is 36.1 Å². The molecule has 0 saturated heterocycles. The first-order chi connectivity index (χ1) is 9.11. The summed E-state index contributed by atoms with van der Waals surface area (Å²) in [6.07, 6.45) is 2.29. The minimum Gasteiger partial charge on any atom is -0.320 e. The summed E-state index contributed by atoms with van der Waals surface area (Å²) in [7, 11) is 0. The molecule has 1 nitrogen and oxygen atoms in total. The fourth-order valence-electron chi connectivity index (χ4n) is 2.11. The molecule has 2 aromatic carbocycles. The summed E-state index contributed by atoms with van der Waals surface area (Å²) in [6.45, 7) is 2.19. The number of rotatable bonds is 4. The predicted octanol–water partition coefficient (Wildman–Crippen LogP) is 5.21. The Kier molecular flexibility index (Phi) is 5.20. The lowest BCUT2D eigenvalue weighted by molar-refractivity contribution is 0.859. The van der Waals surface area contributed by atoms with Gasteiger partial charge in [-0.2, -0.15) is 0 Å². The van der Waals surface area contributed by atoms with E-state index in [2.05, 4.69) is 69.1 Å². The van der Waals surface area contributed by atoms with Crippen molar-refractivity contribution >= 4 is 31.9 Å². The lowest BCUT2D eigenvalue weighted by Crippen LogP contribution is -2.12. The molecule has 2 N–H and O–H groups in total. The fraction of sp³-hybridized carbons (Fsp3) is 0.250. The van der Waals surface area contributed by atoms with Crippen LogP contribution in [0.5, 0.6) is 0 Å². The van der Waals surface area contributed by atoms with Crippen LogP contribution in [-0.4, -0.2) is 0 Å². The summed E-state index contributed by atoms with van der Waals surface area (Å²) in [6, 6.07) is 14.6. The zero-order chi connectivity index (χ0) is 13.8. The molecule has 0 radical (unpaired) electrons. The van der Waals surface area contributed by atoms with Crippen LogP contribution in [0.4, 0.5) is 0 Å². The van der Waals surface area contributed by atoms with Crippen LogP contribution in [0.25, 0.3) is 0 Å². The molecule has 0 aliphatic heterocycles. The lowest BCUT2D eigenvalue weighted by atomic mass is 9.98. The Morgan fingerprint density at radius 2 is 1.74 bits per heavy atom. The van der Waals surface area contributed by atoms with Crippen molar-refractivity contribution in [3.8, 4) is 0 Å². The SMILES string of the molecule is CCCc1ccc(C(N)c2cc(Br)ccc2Br)cc1. The van der Waals surface area contributed by atoms with Crippen LogP contribution < -0.4 is 5.73 Å². The normalized spacial score (nSPS) is 12.4. The quantitative estimate of drug-likeness (QED) is 0.771. The van der Waals surface area contributed by atoms with Crippen molar-refractivity contribution in [2.75, 3.05) is 0 Å². The van der Waals surface area contributed by atoms with Gasteiger partial charge in [-0.3, -0.25) is 0 Å². The van der Waals surface area contributed by atoms with Crippen LogP contribution >= 0.6 is 31.9 Å². The maximum Gasteiger partial charge on any atom is 0.0563 e. The van der Waals surface area contributed by atoms with Gasteiger partial charge in [-0.15, -0.1) is 0 Å². The molecule has 0 amide bonds. The molecule has 19 heavy (non-hydrogen) atoms. The topological polar surface area (TPSA) is 26.0 Å². The van der Waals surface area contributed by atoms with E-state index in [1.807, 2.05) is 12.1 Å². The van der Waals surface area contributed by atoms with Crippen molar-refractivity contribution in [1.82, 2.24) is 0 Å². The zero-order valence-electron chi connectivity index (χ0n) is 10.9.